The second-order valence-electron chi connectivity index (χ2n) is 5.29. The molecule has 0 unspecified atom stereocenters. The molecule has 0 atom stereocenters. The Morgan fingerprint density at radius 1 is 1.44 bits per heavy atom. The van der Waals surface area contributed by atoms with E-state index in [1.54, 1.807) is 4.68 Å². The van der Waals surface area contributed by atoms with Crippen LogP contribution in [0.4, 0.5) is 0 Å². The van der Waals surface area contributed by atoms with Gasteiger partial charge in [-0.3, -0.25) is 4.68 Å². The molecule has 6 heteroatoms. The van der Waals surface area contributed by atoms with Gasteiger partial charge in [0.15, 0.2) is 0 Å². The van der Waals surface area contributed by atoms with Crippen molar-refractivity contribution in [2.45, 2.75) is 32.4 Å². The smallest absolute Gasteiger partial charge is 0.212 e. The molecule has 0 spiro atoms. The average molecular weight is 311 g/mol. The number of ether oxygens (including phenoxy) is 1. The zero-order chi connectivity index (χ0) is 12.9. The van der Waals surface area contributed by atoms with Crippen molar-refractivity contribution in [3.63, 3.8) is 0 Å². The van der Waals surface area contributed by atoms with Crippen molar-refractivity contribution in [2.75, 3.05) is 0 Å². The summed E-state index contributed by atoms with van der Waals surface area (Å²) in [6, 6.07) is 2.01. The van der Waals surface area contributed by atoms with Gasteiger partial charge in [0, 0.05) is 31.3 Å². The van der Waals surface area contributed by atoms with E-state index in [-0.39, 0.29) is 5.60 Å². The molecule has 0 fully saturated rings. The van der Waals surface area contributed by atoms with Crippen molar-refractivity contribution in [2.24, 2.45) is 7.05 Å². The van der Waals surface area contributed by atoms with Gasteiger partial charge in [-0.1, -0.05) is 0 Å². The Balaban J connectivity index is 1.82. The Morgan fingerprint density at radius 2 is 2.22 bits per heavy atom. The van der Waals surface area contributed by atoms with Crippen LogP contribution in [-0.4, -0.2) is 25.2 Å². The van der Waals surface area contributed by atoms with Crippen LogP contribution in [0.2, 0.25) is 0 Å². The summed E-state index contributed by atoms with van der Waals surface area (Å²) in [4.78, 5) is 0. The first-order valence-corrected chi connectivity index (χ1v) is 6.66. The zero-order valence-corrected chi connectivity index (χ0v) is 12.2. The lowest BCUT2D eigenvalue weighted by atomic mass is 10.1. The molecular weight excluding hydrogens is 296 g/mol. The summed E-state index contributed by atoms with van der Waals surface area (Å²) in [6.07, 6.45) is 2.76. The van der Waals surface area contributed by atoms with E-state index in [9.17, 15) is 0 Å². The minimum atomic E-state index is -0.143. The Bertz CT molecular complexity index is 574. The van der Waals surface area contributed by atoms with Crippen LogP contribution in [0.25, 0.3) is 0 Å². The summed E-state index contributed by atoms with van der Waals surface area (Å²) in [5.74, 6) is 0.856. The van der Waals surface area contributed by atoms with E-state index < -0.39 is 0 Å². The molecule has 0 saturated carbocycles. The molecule has 96 valence electrons. The van der Waals surface area contributed by atoms with Crippen molar-refractivity contribution in [1.29, 1.82) is 0 Å². The van der Waals surface area contributed by atoms with E-state index in [1.165, 1.54) is 0 Å². The number of halogens is 1. The second-order valence-corrected chi connectivity index (χ2v) is 6.04. The number of aryl methyl sites for hydroxylation is 1. The summed E-state index contributed by atoms with van der Waals surface area (Å²) in [6.45, 7) is 4.94. The van der Waals surface area contributed by atoms with Gasteiger partial charge >= 0.3 is 0 Å². The highest BCUT2D eigenvalue weighted by Crippen LogP contribution is 2.30. The highest BCUT2D eigenvalue weighted by Gasteiger charge is 2.31. The van der Waals surface area contributed by atoms with E-state index in [0.29, 0.717) is 0 Å². The maximum absolute atomic E-state index is 5.82. The summed E-state index contributed by atoms with van der Waals surface area (Å²) < 4.78 is 10.4. The lowest BCUT2D eigenvalue weighted by molar-refractivity contribution is 0.135. The molecule has 3 heterocycles. The number of nitrogens with zero attached hydrogens (tertiary/aromatic N) is 4. The fraction of sp³-hybridized carbons (Fsp3) is 0.500. The highest BCUT2D eigenvalue weighted by molar-refractivity contribution is 9.10. The third kappa shape index (κ3) is 2.05. The lowest BCUT2D eigenvalue weighted by Crippen LogP contribution is -2.26. The third-order valence-electron chi connectivity index (χ3n) is 2.93. The normalized spacial score (nSPS) is 16.7. The molecule has 3 rings (SSSR count). The third-order valence-corrected chi connectivity index (χ3v) is 3.60. The fourth-order valence-electron chi connectivity index (χ4n) is 2.23. The molecule has 0 bridgehead atoms. The SMILES string of the molecule is Cn1cc(Cc2cc3n(n2)CC(C)(C)O3)c(Br)n1. The number of hydrogen-bond acceptors (Lipinski definition) is 3. The van der Waals surface area contributed by atoms with Crippen molar-refractivity contribution in [3.8, 4) is 5.88 Å². The van der Waals surface area contributed by atoms with E-state index >= 15 is 0 Å². The molecule has 0 amide bonds. The number of rotatable bonds is 2. The quantitative estimate of drug-likeness (QED) is 0.853. The van der Waals surface area contributed by atoms with Crippen LogP contribution in [0.15, 0.2) is 16.9 Å². The Hall–Kier alpha value is -1.30. The first kappa shape index (κ1) is 11.8. The van der Waals surface area contributed by atoms with Gasteiger partial charge in [-0.15, -0.1) is 0 Å². The lowest BCUT2D eigenvalue weighted by Gasteiger charge is -2.15. The molecule has 1 aliphatic heterocycles. The summed E-state index contributed by atoms with van der Waals surface area (Å²) in [7, 11) is 1.91. The Kier molecular flexibility index (Phi) is 2.52. The van der Waals surface area contributed by atoms with Gasteiger partial charge in [0.1, 0.15) is 10.2 Å². The van der Waals surface area contributed by atoms with E-state index in [4.69, 9.17) is 4.74 Å². The summed E-state index contributed by atoms with van der Waals surface area (Å²) >= 11 is 3.45. The van der Waals surface area contributed by atoms with Gasteiger partial charge in [-0.05, 0) is 29.8 Å². The average Bonchev–Trinajstić information content (AvgIpc) is 2.78. The van der Waals surface area contributed by atoms with Crippen LogP contribution in [0.1, 0.15) is 25.1 Å². The minimum absolute atomic E-state index is 0.143. The molecule has 2 aromatic heterocycles. The fourth-order valence-corrected chi connectivity index (χ4v) is 2.72. The number of fused-ring (bicyclic) bond motifs is 1. The van der Waals surface area contributed by atoms with Crippen molar-refractivity contribution >= 4 is 15.9 Å². The van der Waals surface area contributed by atoms with Crippen molar-refractivity contribution in [1.82, 2.24) is 19.6 Å². The van der Waals surface area contributed by atoms with Gasteiger partial charge in [-0.2, -0.15) is 10.2 Å². The first-order chi connectivity index (χ1) is 8.43. The van der Waals surface area contributed by atoms with Gasteiger partial charge < -0.3 is 4.74 Å². The first-order valence-electron chi connectivity index (χ1n) is 5.87. The van der Waals surface area contributed by atoms with Crippen LogP contribution in [0, 0.1) is 0 Å². The molecule has 0 aromatic carbocycles. The number of aromatic nitrogens is 4. The van der Waals surface area contributed by atoms with Crippen LogP contribution >= 0.6 is 15.9 Å². The van der Waals surface area contributed by atoms with Gasteiger partial charge in [0.05, 0.1) is 12.2 Å². The second kappa shape index (κ2) is 3.85. The molecule has 1 aliphatic rings. The Labute approximate surface area is 114 Å². The predicted molar refractivity (Wildman–Crippen MR) is 70.6 cm³/mol. The zero-order valence-electron chi connectivity index (χ0n) is 10.6. The summed E-state index contributed by atoms with van der Waals surface area (Å²) in [5.41, 5.74) is 2.00. The van der Waals surface area contributed by atoms with Crippen LogP contribution in [0.3, 0.4) is 0 Å². The Morgan fingerprint density at radius 3 is 2.83 bits per heavy atom. The van der Waals surface area contributed by atoms with Crippen molar-refractivity contribution < 1.29 is 4.74 Å². The van der Waals surface area contributed by atoms with Crippen LogP contribution in [-0.2, 0) is 20.0 Å². The van der Waals surface area contributed by atoms with Crippen LogP contribution in [0.5, 0.6) is 5.88 Å². The summed E-state index contributed by atoms with van der Waals surface area (Å²) in [5, 5.41) is 8.83. The van der Waals surface area contributed by atoms with Gasteiger partial charge in [0.25, 0.3) is 0 Å². The van der Waals surface area contributed by atoms with E-state index in [2.05, 4.69) is 40.0 Å². The molecule has 0 N–H and O–H groups in total. The monoisotopic (exact) mass is 310 g/mol. The molecule has 0 radical (unpaired) electrons. The van der Waals surface area contributed by atoms with Gasteiger partial charge in [0.2, 0.25) is 5.88 Å². The van der Waals surface area contributed by atoms with Gasteiger partial charge in [-0.25, -0.2) is 4.68 Å². The molecule has 0 aliphatic carbocycles. The maximum atomic E-state index is 5.82. The number of hydrogen-bond donors (Lipinski definition) is 0. The largest absolute Gasteiger partial charge is 0.470 e. The van der Waals surface area contributed by atoms with Crippen molar-refractivity contribution in [3.05, 3.63) is 28.1 Å². The molecule has 0 saturated heterocycles. The molecule has 18 heavy (non-hydrogen) atoms. The molecule has 5 nitrogen and oxygen atoms in total. The maximum Gasteiger partial charge on any atom is 0.212 e. The van der Waals surface area contributed by atoms with E-state index in [0.717, 1.165) is 34.7 Å². The topological polar surface area (TPSA) is 44.9 Å². The van der Waals surface area contributed by atoms with E-state index in [1.807, 2.05) is 24.0 Å². The highest BCUT2D eigenvalue weighted by atomic mass is 79.9. The van der Waals surface area contributed by atoms with Crippen LogP contribution < -0.4 is 4.74 Å². The minimum Gasteiger partial charge on any atom is -0.470 e. The standard InChI is InChI=1S/C12H15BrN4O/c1-12(2)7-17-10(18-12)5-9(14-17)4-8-6-16(3)15-11(8)13/h5-6H,4,7H2,1-3H3. The predicted octanol–water partition coefficient (Wildman–Crippen LogP) is 2.14. The molecule has 2 aromatic rings. The molecular formula is C12H15BrN4O.